The first-order valence-corrected chi connectivity index (χ1v) is 8.57. The maximum absolute atomic E-state index is 12.4. The van der Waals surface area contributed by atoms with Crippen molar-refractivity contribution in [2.24, 2.45) is 5.92 Å². The molecule has 2 unspecified atom stereocenters. The molecule has 0 aliphatic rings. The second-order valence-electron chi connectivity index (χ2n) is 6.24. The molecule has 1 rings (SSSR count). The van der Waals surface area contributed by atoms with Crippen molar-refractivity contribution in [3.8, 4) is 0 Å². The Labute approximate surface area is 153 Å². The SMILES string of the molecule is C/C=C/CC(NC(=O)C(NC(=O)NCc1ccccc1)C(C)C)C(=O)O. The van der Waals surface area contributed by atoms with E-state index in [4.69, 9.17) is 0 Å². The highest BCUT2D eigenvalue weighted by Crippen LogP contribution is 2.04. The molecule has 26 heavy (non-hydrogen) atoms. The second-order valence-corrected chi connectivity index (χ2v) is 6.24. The fourth-order valence-electron chi connectivity index (χ4n) is 2.26. The zero-order valence-corrected chi connectivity index (χ0v) is 15.4. The Morgan fingerprint density at radius 3 is 2.31 bits per heavy atom. The van der Waals surface area contributed by atoms with Gasteiger partial charge in [0.2, 0.25) is 5.91 Å². The van der Waals surface area contributed by atoms with Crippen molar-refractivity contribution in [3.63, 3.8) is 0 Å². The molecule has 7 nitrogen and oxygen atoms in total. The fourth-order valence-corrected chi connectivity index (χ4v) is 2.26. The largest absolute Gasteiger partial charge is 0.480 e. The van der Waals surface area contributed by atoms with Crippen LogP contribution in [0.1, 0.15) is 32.8 Å². The van der Waals surface area contributed by atoms with Gasteiger partial charge in [-0.15, -0.1) is 0 Å². The minimum Gasteiger partial charge on any atom is -0.480 e. The summed E-state index contributed by atoms with van der Waals surface area (Å²) in [7, 11) is 0. The van der Waals surface area contributed by atoms with E-state index in [1.165, 1.54) is 0 Å². The summed E-state index contributed by atoms with van der Waals surface area (Å²) in [5.74, 6) is -1.84. The molecule has 0 bridgehead atoms. The van der Waals surface area contributed by atoms with Gasteiger partial charge < -0.3 is 21.1 Å². The molecule has 4 N–H and O–H groups in total. The van der Waals surface area contributed by atoms with Crippen LogP contribution in [0, 0.1) is 5.92 Å². The van der Waals surface area contributed by atoms with Gasteiger partial charge in [-0.2, -0.15) is 0 Å². The first-order valence-electron chi connectivity index (χ1n) is 8.57. The van der Waals surface area contributed by atoms with Gasteiger partial charge in [0, 0.05) is 6.54 Å². The predicted octanol–water partition coefficient (Wildman–Crippen LogP) is 2.05. The van der Waals surface area contributed by atoms with Crippen LogP contribution in [0.5, 0.6) is 0 Å². The number of hydrogen-bond donors (Lipinski definition) is 4. The molecule has 0 radical (unpaired) electrons. The summed E-state index contributed by atoms with van der Waals surface area (Å²) in [4.78, 5) is 35.8. The predicted molar refractivity (Wildman–Crippen MR) is 99.4 cm³/mol. The molecule has 0 aliphatic carbocycles. The van der Waals surface area contributed by atoms with Crippen LogP contribution in [0.3, 0.4) is 0 Å². The van der Waals surface area contributed by atoms with Crippen molar-refractivity contribution in [1.82, 2.24) is 16.0 Å². The molecule has 2 atom stereocenters. The molecule has 3 amide bonds. The molecule has 1 aromatic carbocycles. The summed E-state index contributed by atoms with van der Waals surface area (Å²) >= 11 is 0. The topological polar surface area (TPSA) is 108 Å². The van der Waals surface area contributed by atoms with Gasteiger partial charge in [-0.1, -0.05) is 56.3 Å². The van der Waals surface area contributed by atoms with Crippen LogP contribution in [0.2, 0.25) is 0 Å². The molecule has 0 aromatic heterocycles. The summed E-state index contributed by atoms with van der Waals surface area (Å²) < 4.78 is 0. The average molecular weight is 361 g/mol. The number of aliphatic carboxylic acids is 1. The zero-order chi connectivity index (χ0) is 19.5. The van der Waals surface area contributed by atoms with Gasteiger partial charge in [0.15, 0.2) is 0 Å². The number of benzene rings is 1. The molecule has 0 saturated carbocycles. The molecule has 0 heterocycles. The number of carboxylic acids is 1. The molecule has 0 spiro atoms. The normalized spacial score (nSPS) is 13.2. The molecule has 1 aromatic rings. The van der Waals surface area contributed by atoms with Crippen LogP contribution < -0.4 is 16.0 Å². The van der Waals surface area contributed by atoms with E-state index >= 15 is 0 Å². The average Bonchev–Trinajstić information content (AvgIpc) is 2.61. The number of rotatable bonds is 9. The Morgan fingerprint density at radius 1 is 1.12 bits per heavy atom. The third-order valence-electron chi connectivity index (χ3n) is 3.75. The van der Waals surface area contributed by atoms with Gasteiger partial charge in [-0.05, 0) is 24.8 Å². The maximum Gasteiger partial charge on any atom is 0.326 e. The van der Waals surface area contributed by atoms with E-state index in [0.717, 1.165) is 5.56 Å². The summed E-state index contributed by atoms with van der Waals surface area (Å²) in [5, 5.41) is 17.0. The second kappa shape index (κ2) is 10.9. The van der Waals surface area contributed by atoms with Crippen molar-refractivity contribution in [2.75, 3.05) is 0 Å². The van der Waals surface area contributed by atoms with Crippen LogP contribution in [0.4, 0.5) is 4.79 Å². The Bertz CT molecular complexity index is 629. The molecule has 0 aliphatic heterocycles. The van der Waals surface area contributed by atoms with E-state index in [1.807, 2.05) is 30.3 Å². The number of hydrogen-bond acceptors (Lipinski definition) is 3. The first-order chi connectivity index (χ1) is 12.3. The number of carbonyl (C=O) groups excluding carboxylic acids is 2. The van der Waals surface area contributed by atoms with Crippen molar-refractivity contribution in [2.45, 2.75) is 45.8 Å². The lowest BCUT2D eigenvalue weighted by atomic mass is 10.0. The molecular formula is C19H27N3O4. The van der Waals surface area contributed by atoms with Gasteiger partial charge in [-0.3, -0.25) is 4.79 Å². The molecule has 0 saturated heterocycles. The lowest BCUT2D eigenvalue weighted by Gasteiger charge is -2.24. The Balaban J connectivity index is 2.64. The van der Waals surface area contributed by atoms with E-state index in [1.54, 1.807) is 32.9 Å². The summed E-state index contributed by atoms with van der Waals surface area (Å²) in [6.45, 7) is 5.67. The number of allylic oxidation sites excluding steroid dienone is 1. The summed E-state index contributed by atoms with van der Waals surface area (Å²) in [6.07, 6.45) is 3.57. The maximum atomic E-state index is 12.4. The van der Waals surface area contributed by atoms with Gasteiger partial charge >= 0.3 is 12.0 Å². The van der Waals surface area contributed by atoms with E-state index in [0.29, 0.717) is 6.54 Å². The Morgan fingerprint density at radius 2 is 1.77 bits per heavy atom. The van der Waals surface area contributed by atoms with E-state index in [9.17, 15) is 19.5 Å². The van der Waals surface area contributed by atoms with Crippen molar-refractivity contribution >= 4 is 17.9 Å². The molecule has 142 valence electrons. The number of nitrogens with one attached hydrogen (secondary N) is 3. The van der Waals surface area contributed by atoms with E-state index < -0.39 is 30.0 Å². The standard InChI is InChI=1S/C19H27N3O4/c1-4-5-11-15(18(24)25)21-17(23)16(13(2)3)22-19(26)20-12-14-9-7-6-8-10-14/h4-10,13,15-16H,11-12H2,1-3H3,(H,21,23)(H,24,25)(H2,20,22,26)/b5-4+. The molecule has 0 fully saturated rings. The van der Waals surface area contributed by atoms with Gasteiger partial charge in [0.05, 0.1) is 0 Å². The van der Waals surface area contributed by atoms with Crippen molar-refractivity contribution < 1.29 is 19.5 Å². The number of carbonyl (C=O) groups is 3. The number of carboxylic acid groups (broad SMARTS) is 1. The van der Waals surface area contributed by atoms with Crippen LogP contribution in [-0.4, -0.2) is 35.1 Å². The Hall–Kier alpha value is -2.83. The first kappa shape index (κ1) is 21.2. The third kappa shape index (κ3) is 7.38. The zero-order valence-electron chi connectivity index (χ0n) is 15.4. The van der Waals surface area contributed by atoms with Crippen LogP contribution >= 0.6 is 0 Å². The highest BCUT2D eigenvalue weighted by molar-refractivity contribution is 5.90. The van der Waals surface area contributed by atoms with Gasteiger partial charge in [0.25, 0.3) is 0 Å². The van der Waals surface area contributed by atoms with Crippen LogP contribution in [-0.2, 0) is 16.1 Å². The summed E-state index contributed by atoms with van der Waals surface area (Å²) in [5.41, 5.74) is 0.936. The Kier molecular flexibility index (Phi) is 8.91. The third-order valence-corrected chi connectivity index (χ3v) is 3.75. The minimum absolute atomic E-state index is 0.183. The molecular weight excluding hydrogens is 334 g/mol. The lowest BCUT2D eigenvalue weighted by Crippen LogP contribution is -2.55. The van der Waals surface area contributed by atoms with Crippen LogP contribution in [0.15, 0.2) is 42.5 Å². The summed E-state index contributed by atoms with van der Waals surface area (Å²) in [6, 6.07) is 7.04. The smallest absolute Gasteiger partial charge is 0.326 e. The lowest BCUT2D eigenvalue weighted by molar-refractivity contribution is -0.142. The van der Waals surface area contributed by atoms with E-state index in [-0.39, 0.29) is 12.3 Å². The number of urea groups is 1. The van der Waals surface area contributed by atoms with Crippen molar-refractivity contribution in [3.05, 3.63) is 48.0 Å². The van der Waals surface area contributed by atoms with Crippen molar-refractivity contribution in [1.29, 1.82) is 0 Å². The van der Waals surface area contributed by atoms with Gasteiger partial charge in [0.1, 0.15) is 12.1 Å². The highest BCUT2D eigenvalue weighted by atomic mass is 16.4. The van der Waals surface area contributed by atoms with Crippen LogP contribution in [0.25, 0.3) is 0 Å². The highest BCUT2D eigenvalue weighted by Gasteiger charge is 2.28. The molecule has 7 heteroatoms. The monoisotopic (exact) mass is 361 g/mol. The number of amides is 3. The minimum atomic E-state index is -1.12. The quantitative estimate of drug-likeness (QED) is 0.505. The van der Waals surface area contributed by atoms with E-state index in [2.05, 4.69) is 16.0 Å². The fraction of sp³-hybridized carbons (Fsp3) is 0.421. The van der Waals surface area contributed by atoms with Gasteiger partial charge in [-0.25, -0.2) is 9.59 Å².